The smallest absolute Gasteiger partial charge is 0.302 e. The maximum atomic E-state index is 13.1. The third kappa shape index (κ3) is 2.99. The highest BCUT2D eigenvalue weighted by Crippen LogP contribution is 2.35. The zero-order valence-corrected chi connectivity index (χ0v) is 16.3. The lowest BCUT2D eigenvalue weighted by Gasteiger charge is -2.20. The summed E-state index contributed by atoms with van der Waals surface area (Å²) in [6.07, 6.45) is 2.06. The van der Waals surface area contributed by atoms with Gasteiger partial charge in [-0.2, -0.15) is 4.98 Å². The minimum atomic E-state index is -0.0341. The van der Waals surface area contributed by atoms with Gasteiger partial charge < -0.3 is 23.7 Å². The van der Waals surface area contributed by atoms with Crippen molar-refractivity contribution >= 4 is 23.0 Å². The number of para-hydroxylation sites is 2. The van der Waals surface area contributed by atoms with Crippen molar-refractivity contribution in [1.82, 2.24) is 9.88 Å². The van der Waals surface area contributed by atoms with Gasteiger partial charge in [-0.15, -0.1) is 0 Å². The SMILES string of the molecule is COc1ccc(C(=O)N2CC3=CN(c4nc5ccccc5o4)CC3C2)c(OC)c1. The van der Waals surface area contributed by atoms with Crippen LogP contribution in [-0.4, -0.2) is 49.6 Å². The zero-order valence-electron chi connectivity index (χ0n) is 16.3. The van der Waals surface area contributed by atoms with Crippen molar-refractivity contribution in [2.75, 3.05) is 38.8 Å². The van der Waals surface area contributed by atoms with Gasteiger partial charge in [0.15, 0.2) is 5.58 Å². The monoisotopic (exact) mass is 391 g/mol. The van der Waals surface area contributed by atoms with Gasteiger partial charge in [0.2, 0.25) is 0 Å². The van der Waals surface area contributed by atoms with E-state index in [4.69, 9.17) is 13.9 Å². The molecule has 0 aliphatic carbocycles. The molecule has 0 N–H and O–H groups in total. The molecule has 2 aliphatic rings. The number of carbonyl (C=O) groups excluding carboxylic acids is 1. The standard InChI is InChI=1S/C22H21N3O4/c1-27-16-7-8-17(20(9-16)28-2)21(26)24-10-14-12-25(13-15(14)11-24)22-23-18-5-3-4-6-19(18)29-22/h3-9,12,15H,10-11,13H2,1-2H3. The molecule has 1 aromatic heterocycles. The van der Waals surface area contributed by atoms with Crippen LogP contribution in [0.15, 0.2) is 58.7 Å². The third-order valence-electron chi connectivity index (χ3n) is 5.53. The molecule has 0 radical (unpaired) electrons. The second-order valence-corrected chi connectivity index (χ2v) is 7.27. The lowest BCUT2D eigenvalue weighted by atomic mass is 10.1. The number of aromatic nitrogens is 1. The van der Waals surface area contributed by atoms with Crippen LogP contribution < -0.4 is 14.4 Å². The van der Waals surface area contributed by atoms with Gasteiger partial charge in [-0.05, 0) is 29.8 Å². The number of amides is 1. The molecule has 0 spiro atoms. The van der Waals surface area contributed by atoms with E-state index in [1.807, 2.05) is 34.1 Å². The van der Waals surface area contributed by atoms with Gasteiger partial charge in [-0.1, -0.05) is 12.1 Å². The highest BCUT2D eigenvalue weighted by atomic mass is 16.5. The Labute approximate surface area is 168 Å². The molecule has 148 valence electrons. The van der Waals surface area contributed by atoms with Crippen LogP contribution in [0, 0.1) is 5.92 Å². The maximum absolute atomic E-state index is 13.1. The number of rotatable bonds is 4. The fourth-order valence-corrected chi connectivity index (χ4v) is 4.03. The third-order valence-corrected chi connectivity index (χ3v) is 5.53. The normalized spacial score (nSPS) is 18.1. The largest absolute Gasteiger partial charge is 0.497 e. The Morgan fingerprint density at radius 1 is 1.14 bits per heavy atom. The summed E-state index contributed by atoms with van der Waals surface area (Å²) < 4.78 is 16.5. The summed E-state index contributed by atoms with van der Waals surface area (Å²) in [5, 5.41) is 0. The van der Waals surface area contributed by atoms with E-state index in [1.54, 1.807) is 32.4 Å². The van der Waals surface area contributed by atoms with Crippen molar-refractivity contribution < 1.29 is 18.7 Å². The molecule has 1 atom stereocenters. The summed E-state index contributed by atoms with van der Waals surface area (Å²) in [4.78, 5) is 21.5. The first-order valence-corrected chi connectivity index (χ1v) is 9.50. The van der Waals surface area contributed by atoms with Gasteiger partial charge >= 0.3 is 6.01 Å². The van der Waals surface area contributed by atoms with Crippen LogP contribution in [0.1, 0.15) is 10.4 Å². The minimum absolute atomic E-state index is 0.0341. The molecule has 1 saturated heterocycles. The van der Waals surface area contributed by atoms with Crippen LogP contribution in [-0.2, 0) is 0 Å². The summed E-state index contributed by atoms with van der Waals surface area (Å²) in [7, 11) is 3.15. The number of nitrogens with zero attached hydrogens (tertiary/aromatic N) is 3. The van der Waals surface area contributed by atoms with Crippen molar-refractivity contribution in [1.29, 1.82) is 0 Å². The van der Waals surface area contributed by atoms with Gasteiger partial charge in [0, 0.05) is 37.8 Å². The molecule has 2 aromatic carbocycles. The topological polar surface area (TPSA) is 68.0 Å². The average Bonchev–Trinajstić information content (AvgIpc) is 3.45. The van der Waals surface area contributed by atoms with Crippen molar-refractivity contribution in [3.8, 4) is 11.5 Å². The first kappa shape index (κ1) is 17.6. The Morgan fingerprint density at radius 3 is 2.76 bits per heavy atom. The van der Waals surface area contributed by atoms with Gasteiger partial charge in [-0.3, -0.25) is 4.79 Å². The van der Waals surface area contributed by atoms with Crippen LogP contribution in [0.5, 0.6) is 11.5 Å². The van der Waals surface area contributed by atoms with E-state index in [1.165, 1.54) is 5.57 Å². The molecule has 3 aromatic rings. The van der Waals surface area contributed by atoms with Gasteiger partial charge in [0.1, 0.15) is 17.0 Å². The summed E-state index contributed by atoms with van der Waals surface area (Å²) in [6.45, 7) is 2.01. The molecule has 7 heteroatoms. The Kier molecular flexibility index (Phi) is 4.16. The van der Waals surface area contributed by atoms with E-state index >= 15 is 0 Å². The first-order valence-electron chi connectivity index (χ1n) is 9.50. The predicted molar refractivity (Wildman–Crippen MR) is 108 cm³/mol. The van der Waals surface area contributed by atoms with E-state index in [-0.39, 0.29) is 11.8 Å². The number of hydrogen-bond acceptors (Lipinski definition) is 6. The molecular formula is C22H21N3O4. The molecule has 1 fully saturated rings. The van der Waals surface area contributed by atoms with Crippen molar-refractivity contribution in [3.05, 3.63) is 59.8 Å². The molecule has 1 unspecified atom stereocenters. The second kappa shape index (κ2) is 6.84. The van der Waals surface area contributed by atoms with Crippen molar-refractivity contribution in [3.63, 3.8) is 0 Å². The van der Waals surface area contributed by atoms with Crippen LogP contribution >= 0.6 is 0 Å². The molecule has 5 rings (SSSR count). The molecule has 0 bridgehead atoms. The Bertz CT molecular complexity index is 1090. The quantitative estimate of drug-likeness (QED) is 0.680. The number of methoxy groups -OCH3 is 2. The number of fused-ring (bicyclic) bond motifs is 2. The number of hydrogen-bond donors (Lipinski definition) is 0. The van der Waals surface area contributed by atoms with Crippen LogP contribution in [0.25, 0.3) is 11.1 Å². The Morgan fingerprint density at radius 2 is 2.00 bits per heavy atom. The lowest BCUT2D eigenvalue weighted by Crippen LogP contribution is -2.31. The Balaban J connectivity index is 1.34. The second-order valence-electron chi connectivity index (χ2n) is 7.27. The van der Waals surface area contributed by atoms with Crippen LogP contribution in [0.3, 0.4) is 0 Å². The summed E-state index contributed by atoms with van der Waals surface area (Å²) in [5.74, 6) is 1.42. The van der Waals surface area contributed by atoms with Crippen LogP contribution in [0.4, 0.5) is 6.01 Å². The highest BCUT2D eigenvalue weighted by Gasteiger charge is 2.37. The van der Waals surface area contributed by atoms with Gasteiger partial charge in [-0.25, -0.2) is 0 Å². The Hall–Kier alpha value is -3.48. The van der Waals surface area contributed by atoms with E-state index in [0.29, 0.717) is 36.2 Å². The number of oxazole rings is 1. The minimum Gasteiger partial charge on any atom is -0.497 e. The van der Waals surface area contributed by atoms with Crippen LogP contribution in [0.2, 0.25) is 0 Å². The number of likely N-dealkylation sites (tertiary alicyclic amines) is 1. The van der Waals surface area contributed by atoms with E-state index < -0.39 is 0 Å². The summed E-state index contributed by atoms with van der Waals surface area (Å²) in [6, 6.07) is 13.6. The molecule has 0 saturated carbocycles. The predicted octanol–water partition coefficient (Wildman–Crippen LogP) is 3.32. The van der Waals surface area contributed by atoms with Crippen molar-refractivity contribution in [2.45, 2.75) is 0 Å². The van der Waals surface area contributed by atoms with E-state index in [0.717, 1.165) is 17.6 Å². The number of ether oxygens (including phenoxy) is 2. The molecular weight excluding hydrogens is 370 g/mol. The van der Waals surface area contributed by atoms with E-state index in [9.17, 15) is 4.79 Å². The first-order chi connectivity index (χ1) is 14.2. The van der Waals surface area contributed by atoms with Crippen molar-refractivity contribution in [2.24, 2.45) is 5.92 Å². The summed E-state index contributed by atoms with van der Waals surface area (Å²) >= 11 is 0. The summed E-state index contributed by atoms with van der Waals surface area (Å²) in [5.41, 5.74) is 3.39. The fraction of sp³-hybridized carbons (Fsp3) is 0.273. The highest BCUT2D eigenvalue weighted by molar-refractivity contribution is 5.97. The number of anilines is 1. The molecule has 29 heavy (non-hydrogen) atoms. The number of carbonyl (C=O) groups is 1. The van der Waals surface area contributed by atoms with E-state index in [2.05, 4.69) is 11.2 Å². The number of benzene rings is 2. The lowest BCUT2D eigenvalue weighted by molar-refractivity contribution is 0.0785. The maximum Gasteiger partial charge on any atom is 0.302 e. The van der Waals surface area contributed by atoms with Gasteiger partial charge in [0.25, 0.3) is 5.91 Å². The average molecular weight is 391 g/mol. The molecule has 1 amide bonds. The molecule has 7 nitrogen and oxygen atoms in total. The molecule has 2 aliphatic heterocycles. The zero-order chi connectivity index (χ0) is 20.0. The molecule has 3 heterocycles. The fourth-order valence-electron chi connectivity index (χ4n) is 4.03. The van der Waals surface area contributed by atoms with Gasteiger partial charge in [0.05, 0.1) is 19.8 Å².